The summed E-state index contributed by atoms with van der Waals surface area (Å²) in [5.74, 6) is -0.321. The molecule has 0 radical (unpaired) electrons. The average Bonchev–Trinajstić information content (AvgIpc) is 3.14. The first kappa shape index (κ1) is 20.2. The number of nitrogens with one attached hydrogen (secondary N) is 1. The van der Waals surface area contributed by atoms with Crippen molar-refractivity contribution in [3.05, 3.63) is 52.6 Å². The molecule has 0 fully saturated rings. The Labute approximate surface area is 179 Å². The Balaban J connectivity index is 1.82. The van der Waals surface area contributed by atoms with Crippen LogP contribution in [0.15, 0.2) is 41.1 Å². The fraction of sp³-hybridized carbons (Fsp3) is 0.200. The van der Waals surface area contributed by atoms with Gasteiger partial charge in [-0.05, 0) is 47.1 Å². The molecule has 8 nitrogen and oxygen atoms in total. The SMILES string of the molecule is CC(NC(=O)CCO)c1nc2c(-c3cnc4ccc(F)cc4c3)cnn2c(N)c1Br. The molecule has 0 aliphatic carbocycles. The van der Waals surface area contributed by atoms with E-state index in [-0.39, 0.29) is 24.8 Å². The van der Waals surface area contributed by atoms with Gasteiger partial charge >= 0.3 is 0 Å². The van der Waals surface area contributed by atoms with Crippen LogP contribution in [0.4, 0.5) is 10.2 Å². The molecule has 4 N–H and O–H groups in total. The number of amides is 1. The summed E-state index contributed by atoms with van der Waals surface area (Å²) in [4.78, 5) is 20.9. The number of pyridine rings is 1. The van der Waals surface area contributed by atoms with Crippen LogP contribution in [0.3, 0.4) is 0 Å². The van der Waals surface area contributed by atoms with Crippen LogP contribution in [0.25, 0.3) is 27.7 Å². The van der Waals surface area contributed by atoms with Crippen LogP contribution in [-0.4, -0.2) is 37.2 Å². The summed E-state index contributed by atoms with van der Waals surface area (Å²) in [5, 5.41) is 16.7. The lowest BCUT2D eigenvalue weighted by Gasteiger charge is -2.16. The number of hydrogen-bond donors (Lipinski definition) is 3. The zero-order valence-corrected chi connectivity index (χ0v) is 17.5. The van der Waals surface area contributed by atoms with Crippen molar-refractivity contribution in [2.45, 2.75) is 19.4 Å². The molecule has 3 aromatic heterocycles. The van der Waals surface area contributed by atoms with Crippen molar-refractivity contribution in [1.29, 1.82) is 0 Å². The van der Waals surface area contributed by atoms with Crippen LogP contribution in [0, 0.1) is 5.82 Å². The van der Waals surface area contributed by atoms with E-state index in [0.29, 0.717) is 43.7 Å². The Morgan fingerprint density at radius 3 is 2.93 bits per heavy atom. The number of nitrogens with two attached hydrogens (primary N) is 1. The topological polar surface area (TPSA) is 118 Å². The van der Waals surface area contributed by atoms with Gasteiger partial charge in [0.25, 0.3) is 0 Å². The van der Waals surface area contributed by atoms with Gasteiger partial charge in [0.05, 0.1) is 34.5 Å². The minimum Gasteiger partial charge on any atom is -0.396 e. The predicted molar refractivity (Wildman–Crippen MR) is 114 cm³/mol. The average molecular weight is 473 g/mol. The Hall–Kier alpha value is -3.11. The highest BCUT2D eigenvalue weighted by Gasteiger charge is 2.21. The maximum atomic E-state index is 13.6. The number of anilines is 1. The van der Waals surface area contributed by atoms with Gasteiger partial charge < -0.3 is 16.2 Å². The van der Waals surface area contributed by atoms with Crippen LogP contribution in [0.2, 0.25) is 0 Å². The molecule has 4 aromatic rings. The van der Waals surface area contributed by atoms with E-state index in [9.17, 15) is 9.18 Å². The minimum absolute atomic E-state index is 0.00304. The number of fused-ring (bicyclic) bond motifs is 2. The molecule has 1 aromatic carbocycles. The van der Waals surface area contributed by atoms with Gasteiger partial charge in [-0.2, -0.15) is 9.61 Å². The van der Waals surface area contributed by atoms with Gasteiger partial charge in [0, 0.05) is 29.1 Å². The summed E-state index contributed by atoms with van der Waals surface area (Å²) in [6.07, 6.45) is 3.28. The van der Waals surface area contributed by atoms with Gasteiger partial charge in [-0.25, -0.2) is 9.37 Å². The molecule has 0 bridgehead atoms. The summed E-state index contributed by atoms with van der Waals surface area (Å²) in [5.41, 5.74) is 9.30. The number of nitrogens with zero attached hydrogens (tertiary/aromatic N) is 4. The molecule has 0 saturated heterocycles. The van der Waals surface area contributed by atoms with Crippen molar-refractivity contribution in [2.75, 3.05) is 12.3 Å². The molecule has 154 valence electrons. The van der Waals surface area contributed by atoms with Crippen molar-refractivity contribution >= 4 is 44.2 Å². The lowest BCUT2D eigenvalue weighted by Crippen LogP contribution is -2.28. The number of benzene rings is 1. The van der Waals surface area contributed by atoms with Crippen molar-refractivity contribution in [2.24, 2.45) is 0 Å². The summed E-state index contributed by atoms with van der Waals surface area (Å²) >= 11 is 3.43. The monoisotopic (exact) mass is 472 g/mol. The van der Waals surface area contributed by atoms with Crippen LogP contribution in [0.1, 0.15) is 25.1 Å². The fourth-order valence-corrected chi connectivity index (χ4v) is 3.84. The van der Waals surface area contributed by atoms with Crippen molar-refractivity contribution < 1.29 is 14.3 Å². The van der Waals surface area contributed by atoms with Gasteiger partial charge in [-0.1, -0.05) is 0 Å². The molecule has 4 rings (SSSR count). The second-order valence-electron chi connectivity index (χ2n) is 6.81. The van der Waals surface area contributed by atoms with Gasteiger partial charge in [0.1, 0.15) is 11.6 Å². The highest BCUT2D eigenvalue weighted by atomic mass is 79.9. The predicted octanol–water partition coefficient (Wildman–Crippen LogP) is 2.99. The third-order valence-corrected chi connectivity index (χ3v) is 5.54. The number of carbonyl (C=O) groups excluding carboxylic acids is 1. The highest BCUT2D eigenvalue weighted by molar-refractivity contribution is 9.10. The normalized spacial score (nSPS) is 12.4. The molecule has 0 spiro atoms. The van der Waals surface area contributed by atoms with Gasteiger partial charge in [-0.3, -0.25) is 9.78 Å². The van der Waals surface area contributed by atoms with E-state index in [1.807, 2.05) is 6.07 Å². The summed E-state index contributed by atoms with van der Waals surface area (Å²) in [7, 11) is 0. The van der Waals surface area contributed by atoms with Crippen LogP contribution in [-0.2, 0) is 4.79 Å². The van der Waals surface area contributed by atoms with Gasteiger partial charge in [0.2, 0.25) is 5.91 Å². The van der Waals surface area contributed by atoms with Gasteiger partial charge in [0.15, 0.2) is 5.65 Å². The summed E-state index contributed by atoms with van der Waals surface area (Å²) in [6, 6.07) is 5.75. The maximum Gasteiger partial charge on any atom is 0.222 e. The van der Waals surface area contributed by atoms with E-state index in [1.165, 1.54) is 16.6 Å². The molecule has 0 saturated carbocycles. The molecular formula is C20H18BrFN6O2. The van der Waals surface area contributed by atoms with E-state index in [1.54, 1.807) is 25.4 Å². The molecule has 1 unspecified atom stereocenters. The highest BCUT2D eigenvalue weighted by Crippen LogP contribution is 2.33. The Morgan fingerprint density at radius 2 is 2.17 bits per heavy atom. The molecule has 0 aliphatic heterocycles. The number of halogens is 2. The smallest absolute Gasteiger partial charge is 0.222 e. The third-order valence-electron chi connectivity index (χ3n) is 4.73. The first-order valence-electron chi connectivity index (χ1n) is 9.17. The van der Waals surface area contributed by atoms with Gasteiger partial charge in [-0.15, -0.1) is 0 Å². The zero-order chi connectivity index (χ0) is 21.4. The van der Waals surface area contributed by atoms with E-state index in [2.05, 4.69) is 36.3 Å². The third kappa shape index (κ3) is 3.59. The minimum atomic E-state index is -0.461. The number of aliphatic hydroxyl groups is 1. The lowest BCUT2D eigenvalue weighted by atomic mass is 10.1. The first-order valence-corrected chi connectivity index (χ1v) is 9.97. The van der Waals surface area contributed by atoms with E-state index < -0.39 is 6.04 Å². The Kier molecular flexibility index (Phi) is 5.35. The Morgan fingerprint density at radius 1 is 1.37 bits per heavy atom. The van der Waals surface area contributed by atoms with Crippen LogP contribution < -0.4 is 11.1 Å². The van der Waals surface area contributed by atoms with Crippen molar-refractivity contribution in [3.8, 4) is 11.1 Å². The standard InChI is InChI=1S/C20H18BrFN6O2/c1-10(26-16(30)4-5-29)18-17(21)19(23)28-20(27-18)14(9-25-28)12-6-11-7-13(22)2-3-15(11)24-8-12/h2-3,6-10,29H,4-5,23H2,1H3,(H,26,30). The molecule has 0 aliphatic rings. The van der Waals surface area contributed by atoms with Crippen molar-refractivity contribution in [3.63, 3.8) is 0 Å². The van der Waals surface area contributed by atoms with Crippen LogP contribution >= 0.6 is 15.9 Å². The quantitative estimate of drug-likeness (QED) is 0.410. The molecule has 1 amide bonds. The lowest BCUT2D eigenvalue weighted by molar-refractivity contribution is -0.122. The second kappa shape index (κ2) is 7.96. The van der Waals surface area contributed by atoms with E-state index in [0.717, 1.165) is 0 Å². The molecule has 10 heteroatoms. The maximum absolute atomic E-state index is 13.6. The number of carbonyl (C=O) groups is 1. The molecular weight excluding hydrogens is 455 g/mol. The number of hydrogen-bond acceptors (Lipinski definition) is 6. The largest absolute Gasteiger partial charge is 0.396 e. The Bertz CT molecular complexity index is 1280. The van der Waals surface area contributed by atoms with Crippen LogP contribution in [0.5, 0.6) is 0 Å². The van der Waals surface area contributed by atoms with E-state index >= 15 is 0 Å². The zero-order valence-electron chi connectivity index (χ0n) is 15.9. The van der Waals surface area contributed by atoms with Crippen molar-refractivity contribution in [1.82, 2.24) is 24.9 Å². The number of aromatic nitrogens is 4. The first-order chi connectivity index (χ1) is 14.4. The summed E-state index contributed by atoms with van der Waals surface area (Å²) in [6.45, 7) is 1.53. The molecule has 30 heavy (non-hydrogen) atoms. The molecule has 3 heterocycles. The second-order valence-corrected chi connectivity index (χ2v) is 7.61. The number of rotatable bonds is 5. The van der Waals surface area contributed by atoms with E-state index in [4.69, 9.17) is 10.8 Å². The summed E-state index contributed by atoms with van der Waals surface area (Å²) < 4.78 is 15.6. The molecule has 1 atom stereocenters. The number of aliphatic hydroxyl groups excluding tert-OH is 1. The fourth-order valence-electron chi connectivity index (χ4n) is 3.24. The number of nitrogen functional groups attached to an aromatic ring is 1.